The summed E-state index contributed by atoms with van der Waals surface area (Å²) in [7, 11) is 1.71. The number of aryl methyl sites for hydroxylation is 2. The Kier molecular flexibility index (Phi) is 3.33. The van der Waals surface area contributed by atoms with Crippen LogP contribution in [0.3, 0.4) is 0 Å². The van der Waals surface area contributed by atoms with Gasteiger partial charge in [0.25, 0.3) is 0 Å². The van der Waals surface area contributed by atoms with E-state index >= 15 is 0 Å². The van der Waals surface area contributed by atoms with Crippen molar-refractivity contribution in [2.75, 3.05) is 5.75 Å². The number of hydrogen-bond acceptors (Lipinski definition) is 3. The van der Waals surface area contributed by atoms with Crippen molar-refractivity contribution in [1.82, 2.24) is 9.55 Å². The molecule has 4 nitrogen and oxygen atoms in total. The van der Waals surface area contributed by atoms with Crippen LogP contribution in [0, 0.1) is 6.92 Å². The molecule has 0 aliphatic rings. The molecule has 0 bridgehead atoms. The second-order valence-electron chi connectivity index (χ2n) is 2.76. The van der Waals surface area contributed by atoms with Gasteiger partial charge >= 0.3 is 0 Å². The zero-order chi connectivity index (χ0) is 9.90. The molecule has 0 unspecified atom stereocenters. The molecule has 1 heterocycles. The number of nitrogens with zero attached hydrogens (tertiary/aromatic N) is 2. The summed E-state index contributed by atoms with van der Waals surface area (Å²) >= 11 is 0. The highest BCUT2D eigenvalue weighted by molar-refractivity contribution is 8.13. The molecule has 0 fully saturated rings. The number of imidazole rings is 1. The van der Waals surface area contributed by atoms with Crippen LogP contribution in [-0.4, -0.2) is 23.7 Å². The SMILES string of the molecule is Cc1nccn1CCCS(=O)(=O)Cl. The van der Waals surface area contributed by atoms with E-state index in [0.717, 1.165) is 5.82 Å². The molecule has 0 spiro atoms. The highest BCUT2D eigenvalue weighted by Crippen LogP contribution is 2.02. The maximum atomic E-state index is 10.6. The van der Waals surface area contributed by atoms with Gasteiger partial charge < -0.3 is 4.57 Å². The molecule has 0 N–H and O–H groups in total. The lowest BCUT2D eigenvalue weighted by atomic mass is 10.4. The van der Waals surface area contributed by atoms with Crippen molar-refractivity contribution in [3.63, 3.8) is 0 Å². The Bertz CT molecular complexity index is 372. The van der Waals surface area contributed by atoms with Gasteiger partial charge in [-0.15, -0.1) is 0 Å². The lowest BCUT2D eigenvalue weighted by molar-refractivity contribution is 0.597. The number of rotatable bonds is 4. The fraction of sp³-hybridized carbons (Fsp3) is 0.571. The molecular weight excluding hydrogens is 212 g/mol. The van der Waals surface area contributed by atoms with E-state index in [-0.39, 0.29) is 5.75 Å². The van der Waals surface area contributed by atoms with Gasteiger partial charge in [0.15, 0.2) is 0 Å². The van der Waals surface area contributed by atoms with Gasteiger partial charge in [-0.05, 0) is 13.3 Å². The van der Waals surface area contributed by atoms with Crippen LogP contribution in [0.15, 0.2) is 12.4 Å². The van der Waals surface area contributed by atoms with E-state index in [1.165, 1.54) is 0 Å². The van der Waals surface area contributed by atoms with Gasteiger partial charge in [-0.1, -0.05) is 0 Å². The second-order valence-corrected chi connectivity index (χ2v) is 5.66. The first-order valence-corrected chi connectivity index (χ1v) is 6.37. The Morgan fingerprint density at radius 3 is 2.77 bits per heavy atom. The molecule has 0 amide bonds. The van der Waals surface area contributed by atoms with E-state index in [1.807, 2.05) is 17.7 Å². The molecule has 74 valence electrons. The van der Waals surface area contributed by atoms with Crippen molar-refractivity contribution in [3.05, 3.63) is 18.2 Å². The smallest absolute Gasteiger partial charge is 0.232 e. The van der Waals surface area contributed by atoms with Crippen LogP contribution in [0.4, 0.5) is 0 Å². The fourth-order valence-electron chi connectivity index (χ4n) is 1.05. The molecule has 1 aromatic rings. The first kappa shape index (κ1) is 10.5. The Labute approximate surface area is 82.0 Å². The number of hydrogen-bond donors (Lipinski definition) is 0. The summed E-state index contributed by atoms with van der Waals surface area (Å²) in [5, 5.41) is 0. The summed E-state index contributed by atoms with van der Waals surface area (Å²) < 4.78 is 23.1. The van der Waals surface area contributed by atoms with Crippen LogP contribution in [-0.2, 0) is 15.6 Å². The van der Waals surface area contributed by atoms with Crippen molar-refractivity contribution in [3.8, 4) is 0 Å². The molecule has 0 atom stereocenters. The van der Waals surface area contributed by atoms with E-state index in [1.54, 1.807) is 6.20 Å². The van der Waals surface area contributed by atoms with Crippen LogP contribution in [0.2, 0.25) is 0 Å². The van der Waals surface area contributed by atoms with Crippen LogP contribution < -0.4 is 0 Å². The molecule has 6 heteroatoms. The van der Waals surface area contributed by atoms with Gasteiger partial charge in [-0.3, -0.25) is 0 Å². The summed E-state index contributed by atoms with van der Waals surface area (Å²) in [6.07, 6.45) is 4.02. The van der Waals surface area contributed by atoms with Crippen molar-refractivity contribution >= 4 is 19.7 Å². The van der Waals surface area contributed by atoms with E-state index < -0.39 is 9.05 Å². The van der Waals surface area contributed by atoms with Gasteiger partial charge in [-0.2, -0.15) is 0 Å². The molecule has 13 heavy (non-hydrogen) atoms. The van der Waals surface area contributed by atoms with Crippen molar-refractivity contribution in [1.29, 1.82) is 0 Å². The van der Waals surface area contributed by atoms with E-state index in [2.05, 4.69) is 4.98 Å². The average molecular weight is 223 g/mol. The predicted octanol–water partition coefficient (Wildman–Crippen LogP) is 1.15. The van der Waals surface area contributed by atoms with Crippen molar-refractivity contribution in [2.24, 2.45) is 0 Å². The average Bonchev–Trinajstić information content (AvgIpc) is 2.34. The summed E-state index contributed by atoms with van der Waals surface area (Å²) in [6, 6.07) is 0. The van der Waals surface area contributed by atoms with Crippen LogP contribution >= 0.6 is 10.7 Å². The normalized spacial score (nSPS) is 11.8. The molecule has 0 radical (unpaired) electrons. The van der Waals surface area contributed by atoms with Gasteiger partial charge in [-0.25, -0.2) is 13.4 Å². The zero-order valence-electron chi connectivity index (χ0n) is 7.27. The highest BCUT2D eigenvalue weighted by Gasteiger charge is 2.04. The standard InChI is InChI=1S/C7H11ClN2O2S/c1-7-9-3-5-10(7)4-2-6-13(8,11)12/h3,5H,2,4,6H2,1H3. The third kappa shape index (κ3) is 3.78. The van der Waals surface area contributed by atoms with Gasteiger partial charge in [0, 0.05) is 29.6 Å². The van der Waals surface area contributed by atoms with E-state index in [9.17, 15) is 8.42 Å². The Morgan fingerprint density at radius 1 is 1.62 bits per heavy atom. The lowest BCUT2D eigenvalue weighted by Crippen LogP contribution is -2.04. The number of halogens is 1. The summed E-state index contributed by atoms with van der Waals surface area (Å²) in [5.41, 5.74) is 0. The quantitative estimate of drug-likeness (QED) is 0.719. The Hall–Kier alpha value is -0.550. The third-order valence-electron chi connectivity index (χ3n) is 1.71. The third-order valence-corrected chi connectivity index (χ3v) is 2.95. The van der Waals surface area contributed by atoms with Gasteiger partial charge in [0.2, 0.25) is 9.05 Å². The molecular formula is C7H11ClN2O2S. The van der Waals surface area contributed by atoms with Crippen LogP contribution in [0.5, 0.6) is 0 Å². The molecule has 1 rings (SSSR count). The van der Waals surface area contributed by atoms with Crippen LogP contribution in [0.25, 0.3) is 0 Å². The lowest BCUT2D eigenvalue weighted by Gasteiger charge is -2.02. The highest BCUT2D eigenvalue weighted by atomic mass is 35.7. The molecule has 0 aliphatic carbocycles. The fourth-order valence-corrected chi connectivity index (χ4v) is 1.85. The molecule has 0 saturated carbocycles. The van der Waals surface area contributed by atoms with Gasteiger partial charge in [0.1, 0.15) is 5.82 Å². The summed E-state index contributed by atoms with van der Waals surface area (Å²) in [5.74, 6) is 0.888. The largest absolute Gasteiger partial charge is 0.335 e. The first-order chi connectivity index (χ1) is 5.99. The van der Waals surface area contributed by atoms with Crippen molar-refractivity contribution < 1.29 is 8.42 Å². The molecule has 0 aliphatic heterocycles. The minimum absolute atomic E-state index is 0.00613. The zero-order valence-corrected chi connectivity index (χ0v) is 8.85. The van der Waals surface area contributed by atoms with E-state index in [0.29, 0.717) is 13.0 Å². The summed E-state index contributed by atoms with van der Waals surface area (Å²) in [6.45, 7) is 2.51. The minimum Gasteiger partial charge on any atom is -0.335 e. The van der Waals surface area contributed by atoms with E-state index in [4.69, 9.17) is 10.7 Å². The van der Waals surface area contributed by atoms with Gasteiger partial charge in [0.05, 0.1) is 5.75 Å². The summed E-state index contributed by atoms with van der Waals surface area (Å²) in [4.78, 5) is 4.01. The first-order valence-electron chi connectivity index (χ1n) is 3.89. The topological polar surface area (TPSA) is 52.0 Å². The number of aromatic nitrogens is 2. The molecule has 0 aromatic carbocycles. The maximum Gasteiger partial charge on any atom is 0.232 e. The molecule has 0 saturated heterocycles. The monoisotopic (exact) mass is 222 g/mol. The Morgan fingerprint density at radius 2 is 2.31 bits per heavy atom. The molecule has 1 aromatic heterocycles. The minimum atomic E-state index is -3.35. The predicted molar refractivity (Wildman–Crippen MR) is 51.2 cm³/mol. The maximum absolute atomic E-state index is 10.6. The van der Waals surface area contributed by atoms with Crippen LogP contribution in [0.1, 0.15) is 12.2 Å². The second kappa shape index (κ2) is 4.11. The van der Waals surface area contributed by atoms with Crippen molar-refractivity contribution in [2.45, 2.75) is 19.9 Å². The Balaban J connectivity index is 2.41.